The molecule has 0 bridgehead atoms. The van der Waals surface area contributed by atoms with Gasteiger partial charge in [-0.3, -0.25) is 13.9 Å². The summed E-state index contributed by atoms with van der Waals surface area (Å²) in [6.07, 6.45) is 2.31. The predicted molar refractivity (Wildman–Crippen MR) is 165 cm³/mol. The van der Waals surface area contributed by atoms with E-state index in [0.29, 0.717) is 18.7 Å². The van der Waals surface area contributed by atoms with Gasteiger partial charge in [-0.25, -0.2) is 8.42 Å². The Morgan fingerprint density at radius 1 is 0.878 bits per heavy atom. The van der Waals surface area contributed by atoms with Gasteiger partial charge in [0.2, 0.25) is 11.8 Å². The van der Waals surface area contributed by atoms with E-state index in [2.05, 4.69) is 19.2 Å². The molecule has 41 heavy (non-hydrogen) atoms. The lowest BCUT2D eigenvalue weighted by Crippen LogP contribution is -2.52. The van der Waals surface area contributed by atoms with E-state index < -0.39 is 28.5 Å². The van der Waals surface area contributed by atoms with Crippen LogP contribution in [-0.4, -0.2) is 50.8 Å². The van der Waals surface area contributed by atoms with Crippen LogP contribution in [0.25, 0.3) is 0 Å². The highest BCUT2D eigenvalue weighted by atomic mass is 32.2. The highest BCUT2D eigenvalue weighted by Crippen LogP contribution is 2.26. The molecule has 1 atom stereocenters. The first-order valence-corrected chi connectivity index (χ1v) is 15.8. The lowest BCUT2D eigenvalue weighted by atomic mass is 10.0. The van der Waals surface area contributed by atoms with Crippen LogP contribution >= 0.6 is 0 Å². The lowest BCUT2D eigenvalue weighted by Gasteiger charge is -2.32. The van der Waals surface area contributed by atoms with Crippen molar-refractivity contribution in [1.82, 2.24) is 10.2 Å². The van der Waals surface area contributed by atoms with Gasteiger partial charge in [-0.2, -0.15) is 0 Å². The van der Waals surface area contributed by atoms with E-state index in [1.54, 1.807) is 43.3 Å². The Morgan fingerprint density at radius 2 is 1.51 bits per heavy atom. The number of carbonyl (C=O) groups excluding carboxylic acids is 2. The van der Waals surface area contributed by atoms with Crippen molar-refractivity contribution in [2.45, 2.75) is 70.7 Å². The molecule has 0 spiro atoms. The number of hydrogen-bond donors (Lipinski definition) is 1. The number of benzene rings is 3. The molecule has 7 nitrogen and oxygen atoms in total. The molecule has 220 valence electrons. The van der Waals surface area contributed by atoms with Crippen molar-refractivity contribution in [1.29, 1.82) is 0 Å². The number of aryl methyl sites for hydroxylation is 1. The summed E-state index contributed by atoms with van der Waals surface area (Å²) in [6, 6.07) is 22.8. The van der Waals surface area contributed by atoms with Crippen molar-refractivity contribution in [3.05, 3.63) is 95.6 Å². The molecule has 0 unspecified atom stereocenters. The minimum absolute atomic E-state index is 0.102. The number of anilines is 1. The third-order valence-corrected chi connectivity index (χ3v) is 9.00. The summed E-state index contributed by atoms with van der Waals surface area (Å²) in [7, 11) is -4.08. The Hall–Kier alpha value is -3.65. The van der Waals surface area contributed by atoms with Crippen LogP contribution in [0, 0.1) is 6.92 Å². The molecule has 1 N–H and O–H groups in total. The zero-order valence-corrected chi connectivity index (χ0v) is 25.7. The van der Waals surface area contributed by atoms with E-state index in [0.717, 1.165) is 33.8 Å². The topological polar surface area (TPSA) is 86.8 Å². The normalized spacial score (nSPS) is 12.1. The average Bonchev–Trinajstić information content (AvgIpc) is 2.96. The molecule has 0 aromatic heterocycles. The van der Waals surface area contributed by atoms with Crippen molar-refractivity contribution in [2.75, 3.05) is 23.9 Å². The fourth-order valence-corrected chi connectivity index (χ4v) is 5.91. The lowest BCUT2D eigenvalue weighted by molar-refractivity contribution is -0.138. The first-order valence-electron chi connectivity index (χ1n) is 14.3. The summed E-state index contributed by atoms with van der Waals surface area (Å²) >= 11 is 0. The number of amides is 2. The Labute approximate surface area is 245 Å². The summed E-state index contributed by atoms with van der Waals surface area (Å²) in [5.41, 5.74) is 3.42. The average molecular weight is 578 g/mol. The van der Waals surface area contributed by atoms with Gasteiger partial charge in [-0.15, -0.1) is 0 Å². The molecular formula is C33H43N3O4S. The van der Waals surface area contributed by atoms with Crippen LogP contribution < -0.4 is 9.62 Å². The first-order chi connectivity index (χ1) is 19.5. The summed E-state index contributed by atoms with van der Waals surface area (Å²) in [5, 5.41) is 2.92. The molecule has 0 aliphatic rings. The molecule has 0 saturated carbocycles. The maximum Gasteiger partial charge on any atom is 0.264 e. The van der Waals surface area contributed by atoms with Gasteiger partial charge in [0.1, 0.15) is 12.6 Å². The third-order valence-electron chi connectivity index (χ3n) is 7.22. The number of rotatable bonds is 14. The number of unbranched alkanes of at least 4 members (excludes halogenated alkanes) is 1. The number of nitrogens with one attached hydrogen (secondary N) is 1. The van der Waals surface area contributed by atoms with Crippen molar-refractivity contribution in [3.8, 4) is 0 Å². The monoisotopic (exact) mass is 577 g/mol. The summed E-state index contributed by atoms with van der Waals surface area (Å²) in [6.45, 7) is 10.1. The number of carbonyl (C=O) groups is 2. The SMILES string of the molecule is CCCCNC(=O)[C@@H](C)N(CCc1ccccc1)C(=O)CN(c1ccc(C(C)C)cc1)S(=O)(=O)c1ccc(C)cc1. The van der Waals surface area contributed by atoms with E-state index in [1.807, 2.05) is 56.3 Å². The van der Waals surface area contributed by atoms with Crippen LogP contribution in [0.15, 0.2) is 83.8 Å². The Kier molecular flexibility index (Phi) is 11.5. The van der Waals surface area contributed by atoms with Crippen LogP contribution in [-0.2, 0) is 26.0 Å². The molecule has 8 heteroatoms. The van der Waals surface area contributed by atoms with Crippen molar-refractivity contribution in [2.24, 2.45) is 0 Å². The van der Waals surface area contributed by atoms with Gasteiger partial charge < -0.3 is 10.2 Å². The number of hydrogen-bond acceptors (Lipinski definition) is 4. The third kappa shape index (κ3) is 8.67. The molecule has 0 heterocycles. The summed E-state index contributed by atoms with van der Waals surface area (Å²) in [5.74, 6) is -0.426. The molecule has 3 aromatic carbocycles. The van der Waals surface area contributed by atoms with Gasteiger partial charge in [0, 0.05) is 13.1 Å². The number of nitrogens with zero attached hydrogens (tertiary/aromatic N) is 2. The quantitative estimate of drug-likeness (QED) is 0.250. The minimum atomic E-state index is -4.08. The minimum Gasteiger partial charge on any atom is -0.354 e. The second-order valence-corrected chi connectivity index (χ2v) is 12.6. The van der Waals surface area contributed by atoms with E-state index in [-0.39, 0.29) is 23.3 Å². The molecule has 0 aliphatic carbocycles. The van der Waals surface area contributed by atoms with Gasteiger partial charge in [0.05, 0.1) is 10.6 Å². The van der Waals surface area contributed by atoms with Crippen molar-refractivity contribution >= 4 is 27.5 Å². The van der Waals surface area contributed by atoms with E-state index >= 15 is 0 Å². The molecule has 2 amide bonds. The Morgan fingerprint density at radius 3 is 2.10 bits per heavy atom. The molecule has 0 fully saturated rings. The fraction of sp³-hybridized carbons (Fsp3) is 0.394. The molecular weight excluding hydrogens is 534 g/mol. The zero-order chi connectivity index (χ0) is 30.0. The van der Waals surface area contributed by atoms with Crippen LogP contribution in [0.5, 0.6) is 0 Å². The smallest absolute Gasteiger partial charge is 0.264 e. The van der Waals surface area contributed by atoms with E-state index in [1.165, 1.54) is 4.90 Å². The largest absolute Gasteiger partial charge is 0.354 e. The first kappa shape index (κ1) is 31.9. The van der Waals surface area contributed by atoms with Crippen LogP contribution in [0.4, 0.5) is 5.69 Å². The zero-order valence-electron chi connectivity index (χ0n) is 24.8. The Balaban J connectivity index is 1.97. The fourth-order valence-electron chi connectivity index (χ4n) is 4.50. The van der Waals surface area contributed by atoms with E-state index in [4.69, 9.17) is 0 Å². The molecule has 0 aliphatic heterocycles. The molecule has 3 aromatic rings. The second-order valence-electron chi connectivity index (χ2n) is 10.7. The van der Waals surface area contributed by atoms with Gasteiger partial charge in [-0.05, 0) is 68.0 Å². The predicted octanol–water partition coefficient (Wildman–Crippen LogP) is 5.69. The van der Waals surface area contributed by atoms with Crippen molar-refractivity contribution in [3.63, 3.8) is 0 Å². The van der Waals surface area contributed by atoms with E-state index in [9.17, 15) is 18.0 Å². The maximum atomic E-state index is 14.0. The van der Waals surface area contributed by atoms with Crippen LogP contribution in [0.3, 0.4) is 0 Å². The number of sulfonamides is 1. The highest BCUT2D eigenvalue weighted by Gasteiger charge is 2.32. The summed E-state index contributed by atoms with van der Waals surface area (Å²) < 4.78 is 29.1. The second kappa shape index (κ2) is 14.8. The van der Waals surface area contributed by atoms with Crippen molar-refractivity contribution < 1.29 is 18.0 Å². The molecule has 0 radical (unpaired) electrons. The summed E-state index contributed by atoms with van der Waals surface area (Å²) in [4.78, 5) is 28.6. The maximum absolute atomic E-state index is 14.0. The van der Waals surface area contributed by atoms with Gasteiger partial charge in [0.15, 0.2) is 0 Å². The van der Waals surface area contributed by atoms with Gasteiger partial charge in [-0.1, -0.05) is 87.4 Å². The van der Waals surface area contributed by atoms with Gasteiger partial charge >= 0.3 is 0 Å². The van der Waals surface area contributed by atoms with Gasteiger partial charge in [0.25, 0.3) is 10.0 Å². The molecule has 0 saturated heterocycles. The van der Waals surface area contributed by atoms with Crippen LogP contribution in [0.2, 0.25) is 0 Å². The Bertz CT molecular complexity index is 1370. The molecule has 3 rings (SSSR count). The highest BCUT2D eigenvalue weighted by molar-refractivity contribution is 7.92. The van der Waals surface area contributed by atoms with Crippen LogP contribution in [0.1, 0.15) is 63.1 Å². The standard InChI is InChI=1S/C33H43N3O4S/c1-6-7-22-34-33(38)27(5)35(23-21-28-11-9-8-10-12-28)32(37)24-36(30-17-15-29(16-18-30)25(2)3)41(39,40)31-19-13-26(4)14-20-31/h8-20,25,27H,6-7,21-24H2,1-5H3,(H,34,38)/t27-/m1/s1.